The highest BCUT2D eigenvalue weighted by atomic mass is 16.5. The van der Waals surface area contributed by atoms with Crippen LogP contribution in [0.5, 0.6) is 0 Å². The van der Waals surface area contributed by atoms with Crippen LogP contribution in [0.4, 0.5) is 0 Å². The molecule has 0 bridgehead atoms. The van der Waals surface area contributed by atoms with Crippen molar-refractivity contribution in [3.05, 3.63) is 0 Å². The number of aliphatic hydroxyl groups excluding tert-OH is 1. The second-order valence-corrected chi connectivity index (χ2v) is 7.09. The van der Waals surface area contributed by atoms with Gasteiger partial charge in [0.25, 0.3) is 0 Å². The molecule has 0 aliphatic carbocycles. The molecule has 0 aromatic rings. The Labute approximate surface area is 150 Å². The highest BCUT2D eigenvalue weighted by Crippen LogP contribution is 2.14. The van der Waals surface area contributed by atoms with Crippen molar-refractivity contribution in [1.82, 2.24) is 0 Å². The first-order valence-corrected chi connectivity index (χ1v) is 10.5. The van der Waals surface area contributed by atoms with Crippen LogP contribution in [-0.4, -0.2) is 23.8 Å². The van der Waals surface area contributed by atoms with Crippen LogP contribution in [0.15, 0.2) is 0 Å². The first-order valence-electron chi connectivity index (χ1n) is 10.5. The summed E-state index contributed by atoms with van der Waals surface area (Å²) in [6, 6.07) is 0. The van der Waals surface area contributed by atoms with Crippen molar-refractivity contribution in [3.8, 4) is 0 Å². The predicted molar refractivity (Wildman–Crippen MR) is 102 cm³/mol. The minimum absolute atomic E-state index is 0.0309. The van der Waals surface area contributed by atoms with Gasteiger partial charge in [-0.1, -0.05) is 84.5 Å². The Balaban J connectivity index is 3.14. The predicted octanol–water partition coefficient (Wildman–Crippen LogP) is 6.17. The molecule has 0 aromatic heterocycles. The fourth-order valence-corrected chi connectivity index (χ4v) is 2.94. The van der Waals surface area contributed by atoms with Gasteiger partial charge in [0.15, 0.2) is 0 Å². The average molecular weight is 343 g/mol. The van der Waals surface area contributed by atoms with Gasteiger partial charge in [-0.25, -0.2) is 0 Å². The summed E-state index contributed by atoms with van der Waals surface area (Å²) in [7, 11) is 0. The topological polar surface area (TPSA) is 46.5 Å². The Kier molecular flexibility index (Phi) is 18.3. The molecule has 1 atom stereocenters. The van der Waals surface area contributed by atoms with Crippen LogP contribution in [-0.2, 0) is 9.53 Å². The number of ether oxygens (including phenoxy) is 1. The first kappa shape index (κ1) is 23.4. The minimum Gasteiger partial charge on any atom is -0.466 e. The van der Waals surface area contributed by atoms with E-state index < -0.39 is 0 Å². The van der Waals surface area contributed by atoms with E-state index in [0.29, 0.717) is 13.0 Å². The zero-order chi connectivity index (χ0) is 17.9. The van der Waals surface area contributed by atoms with Crippen LogP contribution in [0.25, 0.3) is 0 Å². The van der Waals surface area contributed by atoms with Crippen molar-refractivity contribution in [2.75, 3.05) is 6.61 Å². The lowest BCUT2D eigenvalue weighted by Crippen LogP contribution is -2.05. The minimum atomic E-state index is -0.0656. The highest BCUT2D eigenvalue weighted by Gasteiger charge is 2.03. The lowest BCUT2D eigenvalue weighted by atomic mass is 10.0. The van der Waals surface area contributed by atoms with E-state index in [1.165, 1.54) is 57.8 Å². The highest BCUT2D eigenvalue weighted by molar-refractivity contribution is 5.69. The van der Waals surface area contributed by atoms with Gasteiger partial charge in [-0.3, -0.25) is 4.79 Å². The molecule has 1 unspecified atom stereocenters. The fourth-order valence-electron chi connectivity index (χ4n) is 2.94. The third kappa shape index (κ3) is 17.8. The van der Waals surface area contributed by atoms with Crippen LogP contribution in [0.1, 0.15) is 117 Å². The van der Waals surface area contributed by atoms with Crippen molar-refractivity contribution in [3.63, 3.8) is 0 Å². The molecule has 1 N–H and O–H groups in total. The molecule has 3 nitrogen and oxygen atoms in total. The van der Waals surface area contributed by atoms with Gasteiger partial charge in [-0.2, -0.15) is 0 Å². The first-order chi connectivity index (χ1) is 11.7. The number of unbranched alkanes of at least 4 members (excludes halogenated alkanes) is 10. The lowest BCUT2D eigenvalue weighted by Gasteiger charge is -2.09. The molecular weight excluding hydrogens is 300 g/mol. The number of hydrogen-bond acceptors (Lipinski definition) is 3. The summed E-state index contributed by atoms with van der Waals surface area (Å²) in [6.07, 6.45) is 18.1. The van der Waals surface area contributed by atoms with Gasteiger partial charge in [-0.15, -0.1) is 0 Å². The zero-order valence-electron chi connectivity index (χ0n) is 16.4. The number of esters is 1. The maximum absolute atomic E-state index is 11.3. The Morgan fingerprint density at radius 3 is 1.79 bits per heavy atom. The van der Waals surface area contributed by atoms with Gasteiger partial charge in [0.2, 0.25) is 0 Å². The van der Waals surface area contributed by atoms with E-state index in [1.54, 1.807) is 0 Å². The molecule has 0 saturated heterocycles. The molecule has 0 aliphatic rings. The van der Waals surface area contributed by atoms with Gasteiger partial charge in [0.1, 0.15) is 0 Å². The third-order valence-electron chi connectivity index (χ3n) is 4.53. The van der Waals surface area contributed by atoms with Crippen molar-refractivity contribution in [1.29, 1.82) is 0 Å². The van der Waals surface area contributed by atoms with Crippen molar-refractivity contribution in [2.45, 2.75) is 123 Å². The lowest BCUT2D eigenvalue weighted by molar-refractivity contribution is -0.143. The van der Waals surface area contributed by atoms with E-state index in [9.17, 15) is 9.90 Å². The number of carbonyl (C=O) groups excluding carboxylic acids is 1. The Hall–Kier alpha value is -0.570. The van der Waals surface area contributed by atoms with Crippen LogP contribution in [0, 0.1) is 0 Å². The second-order valence-electron chi connectivity index (χ2n) is 7.09. The summed E-state index contributed by atoms with van der Waals surface area (Å²) in [5.74, 6) is -0.0309. The molecule has 3 heteroatoms. The van der Waals surface area contributed by atoms with E-state index in [1.807, 2.05) is 6.92 Å². The summed E-state index contributed by atoms with van der Waals surface area (Å²) in [6.45, 7) is 4.76. The van der Waals surface area contributed by atoms with E-state index in [-0.39, 0.29) is 12.1 Å². The number of rotatable bonds is 18. The van der Waals surface area contributed by atoms with E-state index in [0.717, 1.165) is 38.5 Å². The van der Waals surface area contributed by atoms with Gasteiger partial charge in [-0.05, 0) is 25.7 Å². The van der Waals surface area contributed by atoms with Gasteiger partial charge < -0.3 is 9.84 Å². The normalized spacial score (nSPS) is 12.3. The van der Waals surface area contributed by atoms with Gasteiger partial charge in [0.05, 0.1) is 12.7 Å². The maximum Gasteiger partial charge on any atom is 0.305 e. The Morgan fingerprint density at radius 1 is 0.750 bits per heavy atom. The molecule has 144 valence electrons. The largest absolute Gasteiger partial charge is 0.466 e. The van der Waals surface area contributed by atoms with E-state index >= 15 is 0 Å². The molecule has 0 amide bonds. The van der Waals surface area contributed by atoms with Crippen LogP contribution in [0.2, 0.25) is 0 Å². The van der Waals surface area contributed by atoms with E-state index in [4.69, 9.17) is 4.74 Å². The summed E-state index contributed by atoms with van der Waals surface area (Å²) < 4.78 is 5.06. The molecule has 0 aliphatic heterocycles. The van der Waals surface area contributed by atoms with Crippen LogP contribution >= 0.6 is 0 Å². The molecule has 0 saturated carbocycles. The van der Waals surface area contributed by atoms with Crippen molar-refractivity contribution < 1.29 is 14.6 Å². The smallest absolute Gasteiger partial charge is 0.305 e. The van der Waals surface area contributed by atoms with Gasteiger partial charge in [0, 0.05) is 6.42 Å². The monoisotopic (exact) mass is 342 g/mol. The molecule has 0 radical (unpaired) electrons. The van der Waals surface area contributed by atoms with Crippen LogP contribution in [0.3, 0.4) is 0 Å². The molecule has 24 heavy (non-hydrogen) atoms. The summed E-state index contributed by atoms with van der Waals surface area (Å²) >= 11 is 0. The standard InChI is InChI=1S/C21H42O3/c1-3-5-16-20(22)17-14-12-10-8-6-7-9-11-13-15-18-21(23)24-19-4-2/h20,22H,3-19H2,1-2H3. The second kappa shape index (κ2) is 18.8. The summed E-state index contributed by atoms with van der Waals surface area (Å²) in [5, 5.41) is 9.77. The van der Waals surface area contributed by atoms with Crippen molar-refractivity contribution in [2.24, 2.45) is 0 Å². The summed E-state index contributed by atoms with van der Waals surface area (Å²) in [4.78, 5) is 11.3. The summed E-state index contributed by atoms with van der Waals surface area (Å²) in [5.41, 5.74) is 0. The van der Waals surface area contributed by atoms with E-state index in [2.05, 4.69) is 6.92 Å². The molecular formula is C21H42O3. The third-order valence-corrected chi connectivity index (χ3v) is 4.53. The molecule has 0 rings (SSSR count). The number of hydrogen-bond donors (Lipinski definition) is 1. The number of carbonyl (C=O) groups is 1. The molecule has 0 aromatic carbocycles. The maximum atomic E-state index is 11.3. The quantitative estimate of drug-likeness (QED) is 0.239. The average Bonchev–Trinajstić information content (AvgIpc) is 2.58. The van der Waals surface area contributed by atoms with Crippen molar-refractivity contribution >= 4 is 5.97 Å². The molecule has 0 heterocycles. The van der Waals surface area contributed by atoms with Gasteiger partial charge >= 0.3 is 5.97 Å². The molecule has 0 spiro atoms. The zero-order valence-corrected chi connectivity index (χ0v) is 16.4. The van der Waals surface area contributed by atoms with Crippen LogP contribution < -0.4 is 0 Å². The Morgan fingerprint density at radius 2 is 1.25 bits per heavy atom. The number of aliphatic hydroxyl groups is 1. The molecule has 0 fully saturated rings. The Bertz CT molecular complexity index is 266. The fraction of sp³-hybridized carbons (Fsp3) is 0.952. The SMILES string of the molecule is CCCCC(O)CCCCCCCCCCCCC(=O)OCCC.